The van der Waals surface area contributed by atoms with Gasteiger partial charge in [-0.1, -0.05) is 39.8 Å². The first-order valence-electron chi connectivity index (χ1n) is 7.60. The fourth-order valence-corrected chi connectivity index (χ4v) is 2.50. The van der Waals surface area contributed by atoms with Gasteiger partial charge in [-0.25, -0.2) is 4.99 Å². The highest BCUT2D eigenvalue weighted by atomic mass is 16.7. The van der Waals surface area contributed by atoms with Crippen LogP contribution in [0.5, 0.6) is 0 Å². The highest BCUT2D eigenvalue weighted by molar-refractivity contribution is 6.01. The highest BCUT2D eigenvalue weighted by Crippen LogP contribution is 2.39. The summed E-state index contributed by atoms with van der Waals surface area (Å²) in [5.74, 6) is -0.596. The number of nitrogens with two attached hydrogens (primary N) is 1. The van der Waals surface area contributed by atoms with Crippen molar-refractivity contribution in [2.24, 2.45) is 10.7 Å². The summed E-state index contributed by atoms with van der Waals surface area (Å²) in [5.41, 5.74) is 9.29. The molecule has 0 saturated heterocycles. The molecule has 0 bridgehead atoms. The van der Waals surface area contributed by atoms with E-state index in [4.69, 9.17) is 15.2 Å². The minimum atomic E-state index is -1.08. The molecule has 0 saturated carbocycles. The maximum absolute atomic E-state index is 6.11. The molecule has 4 heteroatoms. The fraction of sp³-hybridized carbons (Fsp3) is 0.588. The van der Waals surface area contributed by atoms with Crippen LogP contribution in [0.25, 0.3) is 0 Å². The van der Waals surface area contributed by atoms with Crippen LogP contribution in [0.1, 0.15) is 57.2 Å². The lowest BCUT2D eigenvalue weighted by atomic mass is 9.81. The number of hydrogen-bond acceptors (Lipinski definition) is 4. The van der Waals surface area contributed by atoms with Gasteiger partial charge in [0.1, 0.15) is 5.84 Å². The second kappa shape index (κ2) is 5.78. The zero-order chi connectivity index (χ0) is 15.7. The summed E-state index contributed by atoms with van der Waals surface area (Å²) in [6.07, 6.45) is 1.96. The summed E-state index contributed by atoms with van der Waals surface area (Å²) in [5, 5.41) is 0. The van der Waals surface area contributed by atoms with E-state index >= 15 is 0 Å². The SMILES string of the molecule is CCCOC1(OC)N=C(N)c2cc(C(C)(C)CC)ccc21. The van der Waals surface area contributed by atoms with Crippen LogP contribution >= 0.6 is 0 Å². The Morgan fingerprint density at radius 3 is 2.57 bits per heavy atom. The Labute approximate surface area is 127 Å². The first kappa shape index (κ1) is 16.0. The molecule has 0 amide bonds. The van der Waals surface area contributed by atoms with Crippen LogP contribution in [-0.2, 0) is 20.8 Å². The molecule has 1 unspecified atom stereocenters. The number of rotatable bonds is 6. The molecule has 4 nitrogen and oxygen atoms in total. The number of hydrogen-bond donors (Lipinski definition) is 1. The van der Waals surface area contributed by atoms with Gasteiger partial charge in [-0.3, -0.25) is 0 Å². The molecule has 116 valence electrons. The van der Waals surface area contributed by atoms with Crippen molar-refractivity contribution in [2.75, 3.05) is 13.7 Å². The molecule has 1 aromatic carbocycles. The minimum Gasteiger partial charge on any atom is -0.383 e. The van der Waals surface area contributed by atoms with E-state index in [1.807, 2.05) is 6.07 Å². The third kappa shape index (κ3) is 2.70. The second-order valence-electron chi connectivity index (χ2n) is 6.13. The van der Waals surface area contributed by atoms with Crippen LogP contribution in [0.15, 0.2) is 23.2 Å². The lowest BCUT2D eigenvalue weighted by Gasteiger charge is -2.27. The van der Waals surface area contributed by atoms with E-state index in [0.29, 0.717) is 12.4 Å². The van der Waals surface area contributed by atoms with Crippen LogP contribution in [-0.4, -0.2) is 19.6 Å². The number of fused-ring (bicyclic) bond motifs is 1. The van der Waals surface area contributed by atoms with Crippen molar-refractivity contribution in [3.05, 3.63) is 34.9 Å². The summed E-state index contributed by atoms with van der Waals surface area (Å²) in [7, 11) is 1.60. The lowest BCUT2D eigenvalue weighted by molar-refractivity contribution is -0.223. The third-order valence-corrected chi connectivity index (χ3v) is 4.35. The number of ether oxygens (including phenoxy) is 2. The minimum absolute atomic E-state index is 0.109. The van der Waals surface area contributed by atoms with Gasteiger partial charge in [-0.15, -0.1) is 0 Å². The summed E-state index contributed by atoms with van der Waals surface area (Å²) < 4.78 is 11.4. The number of amidine groups is 1. The Kier molecular flexibility index (Phi) is 4.40. The van der Waals surface area contributed by atoms with Gasteiger partial charge in [0, 0.05) is 18.2 Å². The van der Waals surface area contributed by atoms with Crippen LogP contribution in [0.4, 0.5) is 0 Å². The molecule has 0 radical (unpaired) electrons. The number of benzene rings is 1. The Morgan fingerprint density at radius 2 is 2.00 bits per heavy atom. The maximum atomic E-state index is 6.11. The molecule has 1 atom stereocenters. The van der Waals surface area contributed by atoms with Crippen molar-refractivity contribution < 1.29 is 9.47 Å². The van der Waals surface area contributed by atoms with E-state index in [1.165, 1.54) is 5.56 Å². The molecule has 2 N–H and O–H groups in total. The van der Waals surface area contributed by atoms with Crippen molar-refractivity contribution in [2.45, 2.75) is 51.9 Å². The fourth-order valence-electron chi connectivity index (χ4n) is 2.50. The molecule has 0 aromatic heterocycles. The smallest absolute Gasteiger partial charge is 0.300 e. The van der Waals surface area contributed by atoms with Gasteiger partial charge < -0.3 is 15.2 Å². The first-order valence-corrected chi connectivity index (χ1v) is 7.60. The number of methoxy groups -OCH3 is 1. The average Bonchev–Trinajstić information content (AvgIpc) is 2.78. The normalized spacial score (nSPS) is 21.3. The van der Waals surface area contributed by atoms with E-state index in [0.717, 1.165) is 24.0 Å². The van der Waals surface area contributed by atoms with Gasteiger partial charge >= 0.3 is 0 Å². The van der Waals surface area contributed by atoms with Gasteiger partial charge in [0.05, 0.1) is 6.61 Å². The molecule has 0 fully saturated rings. The van der Waals surface area contributed by atoms with Crippen molar-refractivity contribution in [3.63, 3.8) is 0 Å². The summed E-state index contributed by atoms with van der Waals surface area (Å²) in [6, 6.07) is 6.28. The van der Waals surface area contributed by atoms with Crippen LogP contribution in [0.3, 0.4) is 0 Å². The maximum Gasteiger partial charge on any atom is 0.300 e. The van der Waals surface area contributed by atoms with Crippen molar-refractivity contribution >= 4 is 5.84 Å². The van der Waals surface area contributed by atoms with Crippen LogP contribution < -0.4 is 5.73 Å². The zero-order valence-electron chi connectivity index (χ0n) is 13.7. The van der Waals surface area contributed by atoms with E-state index in [9.17, 15) is 0 Å². The Balaban J connectivity index is 2.47. The summed E-state index contributed by atoms with van der Waals surface area (Å²) in [4.78, 5) is 4.44. The molecule has 0 spiro atoms. The molecule has 1 aromatic rings. The third-order valence-electron chi connectivity index (χ3n) is 4.35. The number of aliphatic imine (C=N–C) groups is 1. The topological polar surface area (TPSA) is 56.8 Å². The Bertz CT molecular complexity index is 552. The van der Waals surface area contributed by atoms with Crippen molar-refractivity contribution in [1.29, 1.82) is 0 Å². The average molecular weight is 290 g/mol. The zero-order valence-corrected chi connectivity index (χ0v) is 13.7. The van der Waals surface area contributed by atoms with Crippen LogP contribution in [0, 0.1) is 0 Å². The van der Waals surface area contributed by atoms with E-state index in [-0.39, 0.29) is 5.41 Å². The highest BCUT2D eigenvalue weighted by Gasteiger charge is 2.41. The van der Waals surface area contributed by atoms with Crippen LogP contribution in [0.2, 0.25) is 0 Å². The predicted molar refractivity (Wildman–Crippen MR) is 85.4 cm³/mol. The van der Waals surface area contributed by atoms with Gasteiger partial charge in [-0.2, -0.15) is 0 Å². The van der Waals surface area contributed by atoms with E-state index < -0.39 is 5.91 Å². The van der Waals surface area contributed by atoms with E-state index in [1.54, 1.807) is 7.11 Å². The van der Waals surface area contributed by atoms with Gasteiger partial charge in [0.2, 0.25) is 0 Å². The van der Waals surface area contributed by atoms with Gasteiger partial charge in [0.15, 0.2) is 0 Å². The Hall–Kier alpha value is -1.39. The molecule has 1 aliphatic heterocycles. The summed E-state index contributed by atoms with van der Waals surface area (Å²) >= 11 is 0. The molecule has 0 aliphatic carbocycles. The standard InChI is InChI=1S/C17H26N2O2/c1-6-10-21-17(20-5)14-9-8-12(16(3,4)7-2)11-13(14)15(18)19-17/h8-9,11H,6-7,10H2,1-5H3,(H2,18,19). The molecule has 1 aliphatic rings. The molecule has 1 heterocycles. The van der Waals surface area contributed by atoms with Gasteiger partial charge in [-0.05, 0) is 29.9 Å². The van der Waals surface area contributed by atoms with Crippen molar-refractivity contribution in [3.8, 4) is 0 Å². The number of nitrogens with zero attached hydrogens (tertiary/aromatic N) is 1. The van der Waals surface area contributed by atoms with E-state index in [2.05, 4.69) is 44.8 Å². The molecule has 2 rings (SSSR count). The monoisotopic (exact) mass is 290 g/mol. The first-order chi connectivity index (χ1) is 9.90. The summed E-state index contributed by atoms with van der Waals surface area (Å²) in [6.45, 7) is 9.28. The molecular weight excluding hydrogens is 264 g/mol. The molecular formula is C17H26N2O2. The lowest BCUT2D eigenvalue weighted by Crippen LogP contribution is -2.28. The largest absolute Gasteiger partial charge is 0.383 e. The quantitative estimate of drug-likeness (QED) is 0.818. The second-order valence-corrected chi connectivity index (χ2v) is 6.13. The van der Waals surface area contributed by atoms with Crippen molar-refractivity contribution in [1.82, 2.24) is 0 Å². The van der Waals surface area contributed by atoms with Gasteiger partial charge in [0.25, 0.3) is 5.91 Å². The predicted octanol–water partition coefficient (Wildman–Crippen LogP) is 3.28. The molecule has 21 heavy (non-hydrogen) atoms. The Morgan fingerprint density at radius 1 is 1.29 bits per heavy atom.